The molecule has 0 aliphatic heterocycles. The molecule has 0 radical (unpaired) electrons. The maximum Gasteiger partial charge on any atom is 0.253 e. The van der Waals surface area contributed by atoms with E-state index in [0.29, 0.717) is 6.04 Å². The minimum Gasteiger partial charge on any atom is -0.383 e. The first kappa shape index (κ1) is 13.3. The van der Waals surface area contributed by atoms with Crippen molar-refractivity contribution in [2.45, 2.75) is 32.9 Å². The van der Waals surface area contributed by atoms with E-state index >= 15 is 0 Å². The lowest BCUT2D eigenvalue weighted by Crippen LogP contribution is -2.23. The van der Waals surface area contributed by atoms with Gasteiger partial charge in [-0.25, -0.2) is 0 Å². The Hall–Kier alpha value is -2.10. The highest BCUT2D eigenvalue weighted by Crippen LogP contribution is 2.15. The molecule has 2 aromatic heterocycles. The minimum absolute atomic E-state index is 0.00333. The van der Waals surface area contributed by atoms with Crippen molar-refractivity contribution in [1.82, 2.24) is 9.55 Å². The fourth-order valence-electron chi connectivity index (χ4n) is 2.04. The summed E-state index contributed by atoms with van der Waals surface area (Å²) in [4.78, 5) is 16.1. The zero-order valence-electron chi connectivity index (χ0n) is 11.5. The van der Waals surface area contributed by atoms with Crippen LogP contribution < -0.4 is 10.9 Å². The normalized spacial score (nSPS) is 12.4. The fraction of sp³-hybridized carbons (Fsp3) is 0.333. The van der Waals surface area contributed by atoms with Crippen LogP contribution in [0.5, 0.6) is 0 Å². The molecule has 1 atom stereocenters. The van der Waals surface area contributed by atoms with Gasteiger partial charge in [0.15, 0.2) is 0 Å². The Kier molecular flexibility index (Phi) is 4.00. The van der Waals surface area contributed by atoms with Gasteiger partial charge in [0.05, 0.1) is 6.04 Å². The van der Waals surface area contributed by atoms with E-state index < -0.39 is 0 Å². The van der Waals surface area contributed by atoms with Crippen LogP contribution in [0.25, 0.3) is 0 Å². The maximum atomic E-state index is 12.1. The van der Waals surface area contributed by atoms with Crippen LogP contribution in [0.1, 0.15) is 32.4 Å². The van der Waals surface area contributed by atoms with Gasteiger partial charge in [-0.3, -0.25) is 9.78 Å². The Morgan fingerprint density at radius 3 is 2.42 bits per heavy atom. The van der Waals surface area contributed by atoms with Gasteiger partial charge in [-0.2, -0.15) is 0 Å². The van der Waals surface area contributed by atoms with Gasteiger partial charge < -0.3 is 9.88 Å². The molecule has 100 valence electrons. The molecular weight excluding hydrogens is 238 g/mol. The molecule has 0 spiro atoms. The topological polar surface area (TPSA) is 46.9 Å². The highest BCUT2D eigenvalue weighted by molar-refractivity contribution is 5.42. The average molecular weight is 257 g/mol. The zero-order valence-corrected chi connectivity index (χ0v) is 11.5. The summed E-state index contributed by atoms with van der Waals surface area (Å²) < 4.78 is 1.72. The van der Waals surface area contributed by atoms with Crippen molar-refractivity contribution < 1.29 is 0 Å². The van der Waals surface area contributed by atoms with Crippen LogP contribution in [0.15, 0.2) is 47.7 Å². The summed E-state index contributed by atoms with van der Waals surface area (Å²) >= 11 is 0. The van der Waals surface area contributed by atoms with E-state index in [1.165, 1.54) is 0 Å². The van der Waals surface area contributed by atoms with Crippen LogP contribution in [-0.4, -0.2) is 15.6 Å². The van der Waals surface area contributed by atoms with Crippen molar-refractivity contribution in [2.24, 2.45) is 0 Å². The first-order valence-electron chi connectivity index (χ1n) is 6.46. The molecule has 2 aromatic rings. The average Bonchev–Trinajstić information content (AvgIpc) is 2.38. The van der Waals surface area contributed by atoms with E-state index in [4.69, 9.17) is 0 Å². The molecule has 0 saturated carbocycles. The summed E-state index contributed by atoms with van der Waals surface area (Å²) in [6, 6.07) is 7.74. The van der Waals surface area contributed by atoms with Crippen molar-refractivity contribution >= 4 is 5.69 Å². The molecule has 4 heteroatoms. The van der Waals surface area contributed by atoms with Crippen molar-refractivity contribution in [3.8, 4) is 0 Å². The zero-order chi connectivity index (χ0) is 13.8. The van der Waals surface area contributed by atoms with Crippen LogP contribution in [-0.2, 0) is 0 Å². The standard InChI is InChI=1S/C15H19N3O/c1-11(2)17-14-6-9-18(15(19)10-14)12(3)13-4-7-16-8-5-13/h4-12,17H,1-3H3. The summed E-state index contributed by atoms with van der Waals surface area (Å²) in [5.41, 5.74) is 1.93. The highest BCUT2D eigenvalue weighted by atomic mass is 16.1. The molecule has 4 nitrogen and oxygen atoms in total. The van der Waals surface area contributed by atoms with E-state index in [0.717, 1.165) is 11.3 Å². The first-order chi connectivity index (χ1) is 9.08. The van der Waals surface area contributed by atoms with E-state index in [-0.39, 0.29) is 11.6 Å². The van der Waals surface area contributed by atoms with Crippen molar-refractivity contribution in [2.75, 3.05) is 5.32 Å². The SMILES string of the molecule is CC(C)Nc1ccn(C(C)c2ccncc2)c(=O)c1. The second kappa shape index (κ2) is 5.69. The Balaban J connectivity index is 2.29. The number of pyridine rings is 2. The molecule has 2 rings (SSSR count). The molecule has 0 fully saturated rings. The molecule has 0 bridgehead atoms. The second-order valence-corrected chi connectivity index (χ2v) is 4.92. The number of nitrogens with one attached hydrogen (secondary N) is 1. The monoisotopic (exact) mass is 257 g/mol. The third-order valence-corrected chi connectivity index (χ3v) is 3.01. The summed E-state index contributed by atoms with van der Waals surface area (Å²) in [6.07, 6.45) is 5.31. The van der Waals surface area contributed by atoms with Gasteiger partial charge in [-0.05, 0) is 44.5 Å². The van der Waals surface area contributed by atoms with Crippen molar-refractivity contribution in [1.29, 1.82) is 0 Å². The summed E-state index contributed by atoms with van der Waals surface area (Å²) in [7, 11) is 0. The van der Waals surface area contributed by atoms with Gasteiger partial charge in [-0.15, -0.1) is 0 Å². The van der Waals surface area contributed by atoms with Crippen molar-refractivity contribution in [3.63, 3.8) is 0 Å². The lowest BCUT2D eigenvalue weighted by Gasteiger charge is -2.16. The quantitative estimate of drug-likeness (QED) is 0.916. The predicted molar refractivity (Wildman–Crippen MR) is 77.5 cm³/mol. The van der Waals surface area contributed by atoms with Crippen LogP contribution in [0.4, 0.5) is 5.69 Å². The van der Waals surface area contributed by atoms with Gasteiger partial charge in [0.25, 0.3) is 5.56 Å². The minimum atomic E-state index is -0.00466. The molecule has 1 N–H and O–H groups in total. The number of nitrogens with zero attached hydrogens (tertiary/aromatic N) is 2. The second-order valence-electron chi connectivity index (χ2n) is 4.92. The van der Waals surface area contributed by atoms with Crippen LogP contribution in [0.3, 0.4) is 0 Å². The Morgan fingerprint density at radius 2 is 1.84 bits per heavy atom. The number of hydrogen-bond donors (Lipinski definition) is 1. The number of anilines is 1. The molecule has 2 heterocycles. The maximum absolute atomic E-state index is 12.1. The van der Waals surface area contributed by atoms with Crippen LogP contribution in [0, 0.1) is 0 Å². The Bertz CT molecular complexity index is 590. The number of rotatable bonds is 4. The van der Waals surface area contributed by atoms with Gasteiger partial charge in [0, 0.05) is 36.4 Å². The van der Waals surface area contributed by atoms with Crippen molar-refractivity contribution in [3.05, 3.63) is 58.8 Å². The van der Waals surface area contributed by atoms with Gasteiger partial charge in [0.1, 0.15) is 0 Å². The molecule has 0 aliphatic carbocycles. The third kappa shape index (κ3) is 3.22. The summed E-state index contributed by atoms with van der Waals surface area (Å²) in [5, 5.41) is 3.23. The lowest BCUT2D eigenvalue weighted by atomic mass is 10.1. The fourth-order valence-corrected chi connectivity index (χ4v) is 2.04. The summed E-state index contributed by atoms with van der Waals surface area (Å²) in [5.74, 6) is 0. The van der Waals surface area contributed by atoms with Gasteiger partial charge in [0.2, 0.25) is 0 Å². The Labute approximate surface area is 113 Å². The summed E-state index contributed by atoms with van der Waals surface area (Å²) in [6.45, 7) is 6.10. The molecule has 0 aromatic carbocycles. The smallest absolute Gasteiger partial charge is 0.253 e. The molecule has 1 unspecified atom stereocenters. The van der Waals surface area contributed by atoms with Gasteiger partial charge in [-0.1, -0.05) is 0 Å². The van der Waals surface area contributed by atoms with Crippen LogP contribution in [0.2, 0.25) is 0 Å². The third-order valence-electron chi connectivity index (χ3n) is 3.01. The first-order valence-corrected chi connectivity index (χ1v) is 6.46. The molecule has 0 aliphatic rings. The van der Waals surface area contributed by atoms with E-state index in [1.54, 1.807) is 23.0 Å². The molecular formula is C15H19N3O. The highest BCUT2D eigenvalue weighted by Gasteiger charge is 2.09. The van der Waals surface area contributed by atoms with E-state index in [1.807, 2.05) is 45.2 Å². The predicted octanol–water partition coefficient (Wildman–Crippen LogP) is 2.67. The molecule has 0 amide bonds. The van der Waals surface area contributed by atoms with E-state index in [2.05, 4.69) is 10.3 Å². The largest absolute Gasteiger partial charge is 0.383 e. The molecule has 0 saturated heterocycles. The molecule has 19 heavy (non-hydrogen) atoms. The number of aromatic nitrogens is 2. The Morgan fingerprint density at radius 1 is 1.16 bits per heavy atom. The number of hydrogen-bond acceptors (Lipinski definition) is 3. The lowest BCUT2D eigenvalue weighted by molar-refractivity contribution is 0.614. The van der Waals surface area contributed by atoms with Gasteiger partial charge >= 0.3 is 0 Å². The van der Waals surface area contributed by atoms with E-state index in [9.17, 15) is 4.79 Å². The van der Waals surface area contributed by atoms with Crippen LogP contribution >= 0.6 is 0 Å².